The van der Waals surface area contributed by atoms with Crippen molar-refractivity contribution < 1.29 is 0 Å². The van der Waals surface area contributed by atoms with E-state index in [0.29, 0.717) is 5.41 Å². The van der Waals surface area contributed by atoms with Crippen LogP contribution in [-0.4, -0.2) is 11.0 Å². The molecule has 0 aromatic rings. The topological polar surface area (TPSA) is 0 Å². The van der Waals surface area contributed by atoms with Gasteiger partial charge in [0, 0.05) is 0 Å². The average molecular weight is 172 g/mol. The van der Waals surface area contributed by atoms with E-state index in [2.05, 4.69) is 45.4 Å². The van der Waals surface area contributed by atoms with Crippen molar-refractivity contribution in [2.75, 3.05) is 5.75 Å². The smallest absolute Gasteiger partial charge is 0.00234 e. The van der Waals surface area contributed by atoms with Gasteiger partial charge in [-0.2, -0.15) is 10.0 Å². The number of hydrogen-bond donors (Lipinski definition) is 0. The second kappa shape index (κ2) is 2.55. The van der Waals surface area contributed by atoms with E-state index in [-0.39, 0.29) is 10.0 Å². The second-order valence-corrected chi connectivity index (χ2v) is 8.12. The molecule has 0 nitrogen and oxygen atoms in total. The van der Waals surface area contributed by atoms with Gasteiger partial charge in [-0.3, -0.25) is 0 Å². The molecule has 11 heavy (non-hydrogen) atoms. The minimum atomic E-state index is -0.356. The summed E-state index contributed by atoms with van der Waals surface area (Å²) < 4.78 is 0. The average Bonchev–Trinajstić information content (AvgIpc) is 2.64. The Morgan fingerprint density at radius 2 is 1.73 bits per heavy atom. The van der Waals surface area contributed by atoms with Gasteiger partial charge >= 0.3 is 0 Å². The molecule has 1 atom stereocenters. The number of rotatable bonds is 2. The lowest BCUT2D eigenvalue weighted by Gasteiger charge is -2.38. The summed E-state index contributed by atoms with van der Waals surface area (Å²) in [5.41, 5.74) is 0.481. The summed E-state index contributed by atoms with van der Waals surface area (Å²) in [5.74, 6) is 1.35. The van der Waals surface area contributed by atoms with Gasteiger partial charge in [0.25, 0.3) is 0 Å². The van der Waals surface area contributed by atoms with Crippen LogP contribution in [0.2, 0.25) is 0 Å². The molecule has 0 bridgehead atoms. The highest BCUT2D eigenvalue weighted by Gasteiger charge is 2.38. The zero-order valence-corrected chi connectivity index (χ0v) is 9.16. The van der Waals surface area contributed by atoms with Crippen LogP contribution in [0.3, 0.4) is 0 Å². The van der Waals surface area contributed by atoms with Crippen molar-refractivity contribution in [2.45, 2.75) is 39.9 Å². The van der Waals surface area contributed by atoms with Crippen LogP contribution in [0.5, 0.6) is 0 Å². The molecule has 66 valence electrons. The van der Waals surface area contributed by atoms with Gasteiger partial charge in [-0.15, -0.1) is 0 Å². The van der Waals surface area contributed by atoms with Gasteiger partial charge in [0.15, 0.2) is 0 Å². The molecule has 0 radical (unpaired) electrons. The van der Waals surface area contributed by atoms with Gasteiger partial charge in [-0.05, 0) is 27.2 Å². The van der Waals surface area contributed by atoms with Crippen molar-refractivity contribution in [3.05, 3.63) is 10.8 Å². The van der Waals surface area contributed by atoms with Crippen molar-refractivity contribution in [1.29, 1.82) is 0 Å². The maximum absolute atomic E-state index is 2.45. The SMILES string of the molecule is CCS1(C(C)C(C)(C)C)C=C1. The Bertz CT molecular complexity index is 168. The Morgan fingerprint density at radius 3 is 1.82 bits per heavy atom. The normalized spacial score (nSPS) is 26.3. The molecule has 1 rings (SSSR count). The van der Waals surface area contributed by atoms with Crippen LogP contribution in [0.1, 0.15) is 34.6 Å². The summed E-state index contributed by atoms with van der Waals surface area (Å²) >= 11 is 0. The van der Waals surface area contributed by atoms with Gasteiger partial charge in [-0.1, -0.05) is 34.6 Å². The van der Waals surface area contributed by atoms with Crippen LogP contribution in [0.25, 0.3) is 0 Å². The Kier molecular flexibility index (Phi) is 2.13. The molecule has 1 heteroatoms. The summed E-state index contributed by atoms with van der Waals surface area (Å²) in [6, 6.07) is 0. The van der Waals surface area contributed by atoms with Crippen LogP contribution in [-0.2, 0) is 0 Å². The Hall–Kier alpha value is 0.0900. The minimum absolute atomic E-state index is 0.356. The second-order valence-electron chi connectivity index (χ2n) is 4.48. The largest absolute Gasteiger partial charge is 0.197 e. The molecule has 0 aliphatic carbocycles. The highest BCUT2D eigenvalue weighted by Crippen LogP contribution is 2.69. The van der Waals surface area contributed by atoms with Crippen LogP contribution in [0, 0.1) is 5.41 Å². The lowest BCUT2D eigenvalue weighted by atomic mass is 9.93. The monoisotopic (exact) mass is 172 g/mol. The van der Waals surface area contributed by atoms with E-state index in [9.17, 15) is 0 Å². The molecule has 0 fully saturated rings. The molecular formula is C10H20S. The third-order valence-electron chi connectivity index (χ3n) is 2.86. The highest BCUT2D eigenvalue weighted by atomic mass is 32.3. The molecule has 1 aliphatic rings. The van der Waals surface area contributed by atoms with Gasteiger partial charge in [0.05, 0.1) is 0 Å². The molecular weight excluding hydrogens is 152 g/mol. The summed E-state index contributed by atoms with van der Waals surface area (Å²) in [5, 5.41) is 5.76. The predicted molar refractivity (Wildman–Crippen MR) is 56.2 cm³/mol. The molecule has 0 N–H and O–H groups in total. The van der Waals surface area contributed by atoms with Crippen LogP contribution >= 0.6 is 10.0 Å². The molecule has 0 spiro atoms. The quantitative estimate of drug-likeness (QED) is 0.595. The third kappa shape index (κ3) is 1.64. The fourth-order valence-corrected chi connectivity index (χ4v) is 4.65. The van der Waals surface area contributed by atoms with Crippen molar-refractivity contribution in [3.63, 3.8) is 0 Å². The molecule has 0 aromatic carbocycles. The summed E-state index contributed by atoms with van der Waals surface area (Å²) in [6.07, 6.45) is 0. The molecule has 1 unspecified atom stereocenters. The van der Waals surface area contributed by atoms with Gasteiger partial charge < -0.3 is 0 Å². The van der Waals surface area contributed by atoms with E-state index in [0.717, 1.165) is 5.25 Å². The molecule has 1 heterocycles. The zero-order valence-electron chi connectivity index (χ0n) is 8.35. The summed E-state index contributed by atoms with van der Waals surface area (Å²) in [7, 11) is -0.356. The van der Waals surface area contributed by atoms with E-state index in [4.69, 9.17) is 0 Å². The van der Waals surface area contributed by atoms with Crippen molar-refractivity contribution in [3.8, 4) is 0 Å². The molecule has 0 amide bonds. The Labute approximate surface area is 72.4 Å². The maximum Gasteiger partial charge on any atom is -0.00234 e. The van der Waals surface area contributed by atoms with Gasteiger partial charge in [0.1, 0.15) is 0 Å². The minimum Gasteiger partial charge on any atom is -0.197 e. The van der Waals surface area contributed by atoms with Crippen LogP contribution < -0.4 is 0 Å². The fraction of sp³-hybridized carbons (Fsp3) is 0.800. The molecule has 1 aliphatic heterocycles. The fourth-order valence-electron chi connectivity index (χ4n) is 1.41. The number of hydrogen-bond acceptors (Lipinski definition) is 0. The van der Waals surface area contributed by atoms with Gasteiger partial charge in [0.2, 0.25) is 0 Å². The highest BCUT2D eigenvalue weighted by molar-refractivity contribution is 8.43. The zero-order chi connectivity index (χ0) is 8.70. The first-order valence-electron chi connectivity index (χ1n) is 4.40. The maximum atomic E-state index is 2.45. The first-order chi connectivity index (χ1) is 4.92. The molecule has 0 saturated carbocycles. The van der Waals surface area contributed by atoms with Crippen molar-refractivity contribution >= 4 is 10.0 Å². The predicted octanol–water partition coefficient (Wildman–Crippen LogP) is 3.73. The summed E-state index contributed by atoms with van der Waals surface area (Å²) in [4.78, 5) is 0. The van der Waals surface area contributed by atoms with Crippen LogP contribution in [0.4, 0.5) is 0 Å². The van der Waals surface area contributed by atoms with Gasteiger partial charge in [-0.25, -0.2) is 0 Å². The van der Waals surface area contributed by atoms with Crippen molar-refractivity contribution in [1.82, 2.24) is 0 Å². The third-order valence-corrected chi connectivity index (χ3v) is 6.86. The lowest BCUT2D eigenvalue weighted by molar-refractivity contribution is 0.409. The van der Waals surface area contributed by atoms with E-state index in [1.807, 2.05) is 0 Å². The Morgan fingerprint density at radius 1 is 1.27 bits per heavy atom. The van der Waals surface area contributed by atoms with Crippen molar-refractivity contribution in [2.24, 2.45) is 5.41 Å². The van der Waals surface area contributed by atoms with E-state index < -0.39 is 0 Å². The van der Waals surface area contributed by atoms with E-state index >= 15 is 0 Å². The first kappa shape index (κ1) is 9.18. The first-order valence-corrected chi connectivity index (χ1v) is 6.39. The molecule has 0 aromatic heterocycles. The van der Waals surface area contributed by atoms with Crippen LogP contribution in [0.15, 0.2) is 10.8 Å². The standard InChI is InChI=1S/C10H20S/c1-6-11(7-8-11)9(2)10(3,4)5/h7-9H,6H2,1-5H3. The molecule has 0 saturated heterocycles. The lowest BCUT2D eigenvalue weighted by Crippen LogP contribution is -2.24. The Balaban J connectivity index is 2.61. The van der Waals surface area contributed by atoms with E-state index in [1.54, 1.807) is 0 Å². The summed E-state index contributed by atoms with van der Waals surface area (Å²) in [6.45, 7) is 11.8. The van der Waals surface area contributed by atoms with E-state index in [1.165, 1.54) is 5.75 Å².